The van der Waals surface area contributed by atoms with Gasteiger partial charge < -0.3 is 4.90 Å². The smallest absolute Gasteiger partial charge is 0.278 e. The Labute approximate surface area is 177 Å². The number of hydrogen-bond donors (Lipinski definition) is 0. The first-order valence-corrected chi connectivity index (χ1v) is 10.9. The lowest BCUT2D eigenvalue weighted by atomic mass is 10.2. The van der Waals surface area contributed by atoms with E-state index in [0.29, 0.717) is 16.8 Å². The minimum Gasteiger partial charge on any atom is -0.341 e. The summed E-state index contributed by atoms with van der Waals surface area (Å²) < 4.78 is 3.44. The Morgan fingerprint density at radius 2 is 1.73 bits per heavy atom. The summed E-state index contributed by atoms with van der Waals surface area (Å²) in [6.45, 7) is 4.02. The molecule has 0 spiro atoms. The molecular formula is C21H21N7OS. The molecule has 0 aliphatic carbocycles. The van der Waals surface area contributed by atoms with Gasteiger partial charge in [0.15, 0.2) is 5.16 Å². The number of thioether (sulfide) groups is 1. The highest BCUT2D eigenvalue weighted by Crippen LogP contribution is 2.29. The Bertz CT molecular complexity index is 1240. The molecule has 8 nitrogen and oxygen atoms in total. The van der Waals surface area contributed by atoms with Crippen molar-refractivity contribution in [2.45, 2.75) is 30.8 Å². The van der Waals surface area contributed by atoms with Gasteiger partial charge in [-0.25, -0.2) is 0 Å². The summed E-state index contributed by atoms with van der Waals surface area (Å²) in [5, 5.41) is 18.4. The van der Waals surface area contributed by atoms with Gasteiger partial charge >= 0.3 is 0 Å². The predicted molar refractivity (Wildman–Crippen MR) is 117 cm³/mol. The minimum atomic E-state index is -0.158. The van der Waals surface area contributed by atoms with Crippen LogP contribution in [0.5, 0.6) is 0 Å². The van der Waals surface area contributed by atoms with Crippen molar-refractivity contribution in [2.75, 3.05) is 18.0 Å². The fourth-order valence-corrected chi connectivity index (χ4v) is 4.45. The van der Waals surface area contributed by atoms with Crippen molar-refractivity contribution in [3.05, 3.63) is 64.4 Å². The Hall–Kier alpha value is -3.20. The molecule has 1 fully saturated rings. The second kappa shape index (κ2) is 7.91. The Morgan fingerprint density at radius 3 is 2.53 bits per heavy atom. The summed E-state index contributed by atoms with van der Waals surface area (Å²) in [6, 6.07) is 15.5. The van der Waals surface area contributed by atoms with E-state index in [9.17, 15) is 4.79 Å². The molecule has 4 aromatic rings. The molecule has 9 heteroatoms. The average Bonchev–Trinajstić information content (AvgIpc) is 3.44. The number of aromatic nitrogens is 6. The first-order chi connectivity index (χ1) is 14.7. The maximum Gasteiger partial charge on any atom is 0.278 e. The van der Waals surface area contributed by atoms with Gasteiger partial charge in [-0.2, -0.15) is 4.68 Å². The first-order valence-electron chi connectivity index (χ1n) is 9.93. The standard InChI is InChI=1S/C21H21N7OS/c1-15-8-10-16(11-9-15)28-20(26-12-4-5-13-26)23-24-21(28)30-14-27-19(29)17-6-2-3-7-18(17)22-25-27/h2-3,6-11H,4-5,12-14H2,1H3. The van der Waals surface area contributed by atoms with Gasteiger partial charge in [-0.05, 0) is 44.0 Å². The van der Waals surface area contributed by atoms with Crippen LogP contribution in [0.15, 0.2) is 58.5 Å². The van der Waals surface area contributed by atoms with E-state index in [-0.39, 0.29) is 5.56 Å². The van der Waals surface area contributed by atoms with Crippen molar-refractivity contribution in [1.82, 2.24) is 29.8 Å². The van der Waals surface area contributed by atoms with E-state index in [1.807, 2.05) is 12.1 Å². The number of rotatable bonds is 5. The van der Waals surface area contributed by atoms with Crippen LogP contribution in [-0.4, -0.2) is 42.8 Å². The average molecular weight is 420 g/mol. The van der Waals surface area contributed by atoms with Crippen molar-refractivity contribution in [3.8, 4) is 5.69 Å². The van der Waals surface area contributed by atoms with Gasteiger partial charge in [0, 0.05) is 13.1 Å². The number of anilines is 1. The first kappa shape index (κ1) is 18.8. The monoisotopic (exact) mass is 419 g/mol. The highest BCUT2D eigenvalue weighted by molar-refractivity contribution is 7.98. The van der Waals surface area contributed by atoms with Crippen molar-refractivity contribution < 1.29 is 0 Å². The maximum atomic E-state index is 12.8. The van der Waals surface area contributed by atoms with Gasteiger partial charge in [-0.3, -0.25) is 9.36 Å². The molecular weight excluding hydrogens is 398 g/mol. The zero-order valence-corrected chi connectivity index (χ0v) is 17.4. The molecule has 1 aliphatic rings. The Morgan fingerprint density at radius 1 is 0.967 bits per heavy atom. The molecule has 2 aromatic heterocycles. The Balaban J connectivity index is 1.49. The van der Waals surface area contributed by atoms with E-state index < -0.39 is 0 Å². The van der Waals surface area contributed by atoms with E-state index in [1.165, 1.54) is 22.0 Å². The van der Waals surface area contributed by atoms with Gasteiger partial charge in [0.2, 0.25) is 5.95 Å². The summed E-state index contributed by atoms with van der Waals surface area (Å²) in [5.74, 6) is 1.15. The molecule has 0 radical (unpaired) electrons. The molecule has 5 rings (SSSR count). The lowest BCUT2D eigenvalue weighted by Crippen LogP contribution is -2.23. The Kier molecular flexibility index (Phi) is 4.96. The number of fused-ring (bicyclic) bond motifs is 1. The van der Waals surface area contributed by atoms with Gasteiger partial charge in [-0.1, -0.05) is 46.8 Å². The summed E-state index contributed by atoms with van der Waals surface area (Å²) >= 11 is 1.42. The summed E-state index contributed by atoms with van der Waals surface area (Å²) in [6.07, 6.45) is 2.32. The largest absolute Gasteiger partial charge is 0.341 e. The van der Waals surface area contributed by atoms with Crippen molar-refractivity contribution in [2.24, 2.45) is 0 Å². The summed E-state index contributed by atoms with van der Waals surface area (Å²) in [4.78, 5) is 15.0. The molecule has 30 heavy (non-hydrogen) atoms. The normalized spacial score (nSPS) is 14.0. The fraction of sp³-hybridized carbons (Fsp3) is 0.286. The van der Waals surface area contributed by atoms with Crippen LogP contribution in [0.2, 0.25) is 0 Å². The molecule has 0 saturated carbocycles. The van der Waals surface area contributed by atoms with Crippen molar-refractivity contribution >= 4 is 28.6 Å². The van der Waals surface area contributed by atoms with Gasteiger partial charge in [-0.15, -0.1) is 15.3 Å². The SMILES string of the molecule is Cc1ccc(-n2c(SCn3nnc4ccccc4c3=O)nnc2N2CCCC2)cc1. The molecule has 0 atom stereocenters. The lowest BCUT2D eigenvalue weighted by molar-refractivity contribution is 0.643. The highest BCUT2D eigenvalue weighted by atomic mass is 32.2. The predicted octanol–water partition coefficient (Wildman–Crippen LogP) is 3.03. The van der Waals surface area contributed by atoms with E-state index in [0.717, 1.165) is 42.7 Å². The van der Waals surface area contributed by atoms with Gasteiger partial charge in [0.25, 0.3) is 5.56 Å². The number of hydrogen-bond acceptors (Lipinski definition) is 7. The van der Waals surface area contributed by atoms with E-state index in [4.69, 9.17) is 0 Å². The molecule has 3 heterocycles. The van der Waals surface area contributed by atoms with Crippen LogP contribution in [0.1, 0.15) is 18.4 Å². The van der Waals surface area contributed by atoms with E-state index in [2.05, 4.69) is 61.2 Å². The quantitative estimate of drug-likeness (QED) is 0.460. The van der Waals surface area contributed by atoms with Crippen LogP contribution in [-0.2, 0) is 5.88 Å². The summed E-state index contributed by atoms with van der Waals surface area (Å²) in [5.41, 5.74) is 2.64. The lowest BCUT2D eigenvalue weighted by Gasteiger charge is -2.18. The zero-order chi connectivity index (χ0) is 20.5. The van der Waals surface area contributed by atoms with Crippen molar-refractivity contribution in [1.29, 1.82) is 0 Å². The van der Waals surface area contributed by atoms with E-state index in [1.54, 1.807) is 12.1 Å². The van der Waals surface area contributed by atoms with Gasteiger partial charge in [0.1, 0.15) is 5.52 Å². The second-order valence-corrected chi connectivity index (χ2v) is 8.24. The van der Waals surface area contributed by atoms with Crippen LogP contribution < -0.4 is 10.5 Å². The van der Waals surface area contributed by atoms with Crippen molar-refractivity contribution in [3.63, 3.8) is 0 Å². The minimum absolute atomic E-state index is 0.158. The highest BCUT2D eigenvalue weighted by Gasteiger charge is 2.22. The van der Waals surface area contributed by atoms with Crippen LogP contribution >= 0.6 is 11.8 Å². The third kappa shape index (κ3) is 3.45. The molecule has 1 aliphatic heterocycles. The zero-order valence-electron chi connectivity index (χ0n) is 16.6. The van der Waals surface area contributed by atoms with E-state index >= 15 is 0 Å². The van der Waals surface area contributed by atoms with Crippen LogP contribution in [0.4, 0.5) is 5.95 Å². The molecule has 0 amide bonds. The summed E-state index contributed by atoms with van der Waals surface area (Å²) in [7, 11) is 0. The fourth-order valence-electron chi connectivity index (χ4n) is 3.62. The second-order valence-electron chi connectivity index (χ2n) is 7.33. The molecule has 2 aromatic carbocycles. The van der Waals surface area contributed by atoms with Gasteiger partial charge in [0.05, 0.1) is 17.0 Å². The van der Waals surface area contributed by atoms with Crippen LogP contribution in [0.3, 0.4) is 0 Å². The molecule has 152 valence electrons. The third-order valence-electron chi connectivity index (χ3n) is 5.24. The third-order valence-corrected chi connectivity index (χ3v) is 6.14. The molecule has 1 saturated heterocycles. The number of nitrogens with zero attached hydrogens (tertiary/aromatic N) is 7. The molecule has 0 bridgehead atoms. The number of benzene rings is 2. The number of aryl methyl sites for hydroxylation is 1. The van der Waals surface area contributed by atoms with Crippen LogP contribution in [0, 0.1) is 6.92 Å². The maximum absolute atomic E-state index is 12.8. The molecule has 0 unspecified atom stereocenters. The molecule has 0 N–H and O–H groups in total. The topological polar surface area (TPSA) is 81.7 Å². The van der Waals surface area contributed by atoms with Crippen LogP contribution in [0.25, 0.3) is 16.6 Å².